The van der Waals surface area contributed by atoms with Crippen molar-refractivity contribution in [2.24, 2.45) is 0 Å². The lowest BCUT2D eigenvalue weighted by Gasteiger charge is -2.09. The van der Waals surface area contributed by atoms with Crippen LogP contribution in [0.2, 0.25) is 0 Å². The van der Waals surface area contributed by atoms with Gasteiger partial charge in [0.25, 0.3) is 0 Å². The Morgan fingerprint density at radius 1 is 1.00 bits per heavy atom. The van der Waals surface area contributed by atoms with Crippen LogP contribution in [0.4, 0.5) is 0 Å². The molecule has 6 heteroatoms. The summed E-state index contributed by atoms with van der Waals surface area (Å²) in [5.74, 6) is 0. The summed E-state index contributed by atoms with van der Waals surface area (Å²) in [6.07, 6.45) is 0. The van der Waals surface area contributed by atoms with Gasteiger partial charge in [-0.15, -0.1) is 0 Å². The van der Waals surface area contributed by atoms with Crippen molar-refractivity contribution in [2.75, 3.05) is 0 Å². The fraction of sp³-hybridized carbons (Fsp3) is 0.133. The van der Waals surface area contributed by atoms with E-state index in [1.807, 2.05) is 61.5 Å². The topological polar surface area (TPSA) is 52.7 Å². The average Bonchev–Trinajstić information content (AvgIpc) is 2.90. The largest absolute Gasteiger partial charge is 0.369 e. The molecular formula is C15H13BrN4O. The molecule has 21 heavy (non-hydrogen) atoms. The first-order valence-electron chi connectivity index (χ1n) is 6.52. The molecular weight excluding hydrogens is 332 g/mol. The van der Waals surface area contributed by atoms with Gasteiger partial charge in [-0.05, 0) is 47.2 Å². The molecule has 0 bridgehead atoms. The summed E-state index contributed by atoms with van der Waals surface area (Å²) in [6, 6.07) is 17.0. The Morgan fingerprint density at radius 2 is 1.67 bits per heavy atom. The molecule has 0 aliphatic rings. The van der Waals surface area contributed by atoms with Crippen LogP contribution >= 0.6 is 15.9 Å². The minimum atomic E-state index is -0.256. The second kappa shape index (κ2) is 5.65. The van der Waals surface area contributed by atoms with Crippen LogP contribution in [0.3, 0.4) is 0 Å². The van der Waals surface area contributed by atoms with E-state index in [4.69, 9.17) is 0 Å². The maximum atomic E-state index is 12.5. The predicted molar refractivity (Wildman–Crippen MR) is 83.6 cm³/mol. The Hall–Kier alpha value is -2.21. The Labute approximate surface area is 129 Å². The summed E-state index contributed by atoms with van der Waals surface area (Å²) in [7, 11) is 0. The summed E-state index contributed by atoms with van der Waals surface area (Å²) in [6.45, 7) is 1.93. The number of hydrogen-bond donors (Lipinski definition) is 0. The van der Waals surface area contributed by atoms with Gasteiger partial charge in [0.1, 0.15) is 0 Å². The summed E-state index contributed by atoms with van der Waals surface area (Å²) in [4.78, 5) is 12.5. The lowest BCUT2D eigenvalue weighted by atomic mass is 10.1. The van der Waals surface area contributed by atoms with E-state index < -0.39 is 0 Å². The summed E-state index contributed by atoms with van der Waals surface area (Å²) in [5, 5.41) is 7.96. The van der Waals surface area contributed by atoms with Gasteiger partial charge in [-0.1, -0.05) is 46.3 Å². The molecule has 0 saturated heterocycles. The van der Waals surface area contributed by atoms with E-state index in [0.717, 1.165) is 10.0 Å². The van der Waals surface area contributed by atoms with Crippen molar-refractivity contribution in [3.8, 4) is 5.69 Å². The molecule has 0 aliphatic carbocycles. The van der Waals surface area contributed by atoms with E-state index in [1.165, 1.54) is 9.36 Å². The Balaban J connectivity index is 2.00. The molecule has 5 nitrogen and oxygen atoms in total. The lowest BCUT2D eigenvalue weighted by Crippen LogP contribution is -2.27. The number of benzene rings is 2. The van der Waals surface area contributed by atoms with Crippen LogP contribution in [0, 0.1) is 0 Å². The van der Waals surface area contributed by atoms with Gasteiger partial charge in [0.2, 0.25) is 0 Å². The number of tetrazole rings is 1. The van der Waals surface area contributed by atoms with Crippen molar-refractivity contribution in [2.45, 2.75) is 13.0 Å². The van der Waals surface area contributed by atoms with E-state index in [-0.39, 0.29) is 11.7 Å². The monoisotopic (exact) mass is 344 g/mol. The Bertz CT molecular complexity index is 793. The fourth-order valence-corrected chi connectivity index (χ4v) is 2.38. The van der Waals surface area contributed by atoms with Crippen molar-refractivity contribution in [1.82, 2.24) is 19.8 Å². The van der Waals surface area contributed by atoms with Crippen molar-refractivity contribution >= 4 is 15.9 Å². The summed E-state index contributed by atoms with van der Waals surface area (Å²) in [5.41, 5.74) is 1.45. The normalized spacial score (nSPS) is 12.3. The molecule has 3 aromatic rings. The van der Waals surface area contributed by atoms with E-state index in [1.54, 1.807) is 0 Å². The molecule has 1 aromatic heterocycles. The van der Waals surface area contributed by atoms with Gasteiger partial charge < -0.3 is 0 Å². The van der Waals surface area contributed by atoms with Crippen LogP contribution in [0.25, 0.3) is 5.69 Å². The van der Waals surface area contributed by atoms with Crippen LogP contribution in [0.5, 0.6) is 0 Å². The smallest absolute Gasteiger partial charge is 0.244 e. The molecule has 3 rings (SSSR count). The van der Waals surface area contributed by atoms with Gasteiger partial charge >= 0.3 is 5.69 Å². The van der Waals surface area contributed by atoms with Crippen LogP contribution < -0.4 is 5.69 Å². The first kappa shape index (κ1) is 13.8. The highest BCUT2D eigenvalue weighted by Crippen LogP contribution is 2.15. The van der Waals surface area contributed by atoms with E-state index >= 15 is 0 Å². The molecule has 0 N–H and O–H groups in total. The van der Waals surface area contributed by atoms with Gasteiger partial charge in [0, 0.05) is 4.47 Å². The highest BCUT2D eigenvalue weighted by molar-refractivity contribution is 9.10. The minimum absolute atomic E-state index is 0.164. The number of rotatable bonds is 3. The molecule has 0 aliphatic heterocycles. The van der Waals surface area contributed by atoms with Crippen LogP contribution in [-0.4, -0.2) is 19.8 Å². The molecule has 0 radical (unpaired) electrons. The first-order valence-corrected chi connectivity index (χ1v) is 7.31. The first-order chi connectivity index (χ1) is 10.2. The SMILES string of the molecule is CC(c1ccccc1)n1nnn(-c2ccc(Br)cc2)c1=O. The van der Waals surface area contributed by atoms with Gasteiger partial charge in [-0.3, -0.25) is 0 Å². The second-order valence-corrected chi connectivity index (χ2v) is 5.60. The van der Waals surface area contributed by atoms with Crippen molar-refractivity contribution in [1.29, 1.82) is 0 Å². The standard InChI is InChI=1S/C15H13BrN4O/c1-11(12-5-3-2-4-6-12)19-15(21)20(18-17-19)14-9-7-13(16)8-10-14/h2-11H,1H3. The van der Waals surface area contributed by atoms with E-state index in [0.29, 0.717) is 5.69 Å². The molecule has 106 valence electrons. The molecule has 0 spiro atoms. The second-order valence-electron chi connectivity index (χ2n) is 4.68. The van der Waals surface area contributed by atoms with Crippen molar-refractivity contribution in [3.05, 3.63) is 75.1 Å². The summed E-state index contributed by atoms with van der Waals surface area (Å²) >= 11 is 3.37. The number of aromatic nitrogens is 4. The molecule has 2 aromatic carbocycles. The zero-order valence-corrected chi connectivity index (χ0v) is 12.9. The molecule has 1 atom stereocenters. The molecule has 1 unspecified atom stereocenters. The molecule has 0 amide bonds. The van der Waals surface area contributed by atoms with E-state index in [9.17, 15) is 4.79 Å². The Morgan fingerprint density at radius 3 is 2.33 bits per heavy atom. The van der Waals surface area contributed by atoms with Crippen LogP contribution in [-0.2, 0) is 0 Å². The third-order valence-corrected chi connectivity index (χ3v) is 3.85. The van der Waals surface area contributed by atoms with Gasteiger partial charge in [-0.2, -0.15) is 9.36 Å². The lowest BCUT2D eigenvalue weighted by molar-refractivity contribution is 0.528. The third kappa shape index (κ3) is 2.67. The zero-order chi connectivity index (χ0) is 14.8. The molecule has 0 saturated carbocycles. The molecule has 1 heterocycles. The maximum Gasteiger partial charge on any atom is 0.369 e. The number of nitrogens with zero attached hydrogens (tertiary/aromatic N) is 4. The predicted octanol–water partition coefficient (Wildman–Crippen LogP) is 2.80. The minimum Gasteiger partial charge on any atom is -0.244 e. The zero-order valence-electron chi connectivity index (χ0n) is 11.3. The fourth-order valence-electron chi connectivity index (χ4n) is 2.12. The van der Waals surface area contributed by atoms with Crippen LogP contribution in [0.15, 0.2) is 63.9 Å². The Kier molecular flexibility index (Phi) is 3.70. The third-order valence-electron chi connectivity index (χ3n) is 3.32. The van der Waals surface area contributed by atoms with Gasteiger partial charge in [0.05, 0.1) is 11.7 Å². The van der Waals surface area contributed by atoms with Gasteiger partial charge in [-0.25, -0.2) is 4.79 Å². The summed E-state index contributed by atoms with van der Waals surface area (Å²) < 4.78 is 3.63. The maximum absolute atomic E-state index is 12.5. The van der Waals surface area contributed by atoms with Crippen LogP contribution in [0.1, 0.15) is 18.5 Å². The number of hydrogen-bond acceptors (Lipinski definition) is 3. The average molecular weight is 345 g/mol. The van der Waals surface area contributed by atoms with Crippen molar-refractivity contribution in [3.63, 3.8) is 0 Å². The van der Waals surface area contributed by atoms with E-state index in [2.05, 4.69) is 26.4 Å². The highest BCUT2D eigenvalue weighted by atomic mass is 79.9. The highest BCUT2D eigenvalue weighted by Gasteiger charge is 2.15. The van der Waals surface area contributed by atoms with Crippen molar-refractivity contribution < 1.29 is 0 Å². The number of halogens is 1. The molecule has 0 fully saturated rings. The quantitative estimate of drug-likeness (QED) is 0.734. The van der Waals surface area contributed by atoms with Gasteiger partial charge in [0.15, 0.2) is 0 Å².